The summed E-state index contributed by atoms with van der Waals surface area (Å²) >= 11 is 0. The molecule has 38 heavy (non-hydrogen) atoms. The molecule has 0 atom stereocenters. The molecule has 0 saturated carbocycles. The van der Waals surface area contributed by atoms with Crippen LogP contribution in [0.4, 0.5) is 36.3 Å². The molecule has 1 fully saturated rings. The van der Waals surface area contributed by atoms with E-state index in [2.05, 4.69) is 30.5 Å². The average Bonchev–Trinajstić information content (AvgIpc) is 3.39. The fraction of sp³-hybridized carbons (Fsp3) is 0.231. The molecule has 4 aromatic rings. The first-order chi connectivity index (χ1) is 18.3. The van der Waals surface area contributed by atoms with Gasteiger partial charge in [-0.15, -0.1) is 0 Å². The topological polar surface area (TPSA) is 97.2 Å². The van der Waals surface area contributed by atoms with Crippen molar-refractivity contribution in [1.29, 1.82) is 0 Å². The first-order valence-electron chi connectivity index (χ1n) is 11.8. The lowest BCUT2D eigenvalue weighted by Crippen LogP contribution is -2.36. The largest absolute Gasteiger partial charge is 0.416 e. The number of aryl methyl sites for hydroxylation is 1. The zero-order valence-electron chi connectivity index (χ0n) is 20.4. The smallest absolute Gasteiger partial charge is 0.378 e. The molecular formula is C26H24F3N7O2. The predicted octanol–water partition coefficient (Wildman–Crippen LogP) is 4.82. The van der Waals surface area contributed by atoms with E-state index in [-0.39, 0.29) is 5.56 Å². The maximum atomic E-state index is 13.0. The molecule has 0 aliphatic carbocycles. The van der Waals surface area contributed by atoms with Crippen molar-refractivity contribution in [1.82, 2.24) is 19.5 Å². The summed E-state index contributed by atoms with van der Waals surface area (Å²) in [5.74, 6) is 1.24. The summed E-state index contributed by atoms with van der Waals surface area (Å²) in [5, 5.41) is 5.92. The van der Waals surface area contributed by atoms with Gasteiger partial charge >= 0.3 is 6.18 Å². The molecule has 2 aromatic heterocycles. The number of morpholine rings is 1. The minimum Gasteiger partial charge on any atom is -0.378 e. The Morgan fingerprint density at radius 3 is 2.58 bits per heavy atom. The van der Waals surface area contributed by atoms with Gasteiger partial charge in [0.1, 0.15) is 18.0 Å². The zero-order chi connectivity index (χ0) is 26.7. The van der Waals surface area contributed by atoms with Gasteiger partial charge in [0.05, 0.1) is 18.8 Å². The molecule has 12 heteroatoms. The maximum Gasteiger partial charge on any atom is 0.416 e. The molecule has 5 rings (SSSR count). The minimum absolute atomic E-state index is 0.0923. The lowest BCUT2D eigenvalue weighted by atomic mass is 10.1. The number of carbonyl (C=O) groups excluding carboxylic acids is 1. The van der Waals surface area contributed by atoms with E-state index in [1.165, 1.54) is 18.5 Å². The third-order valence-corrected chi connectivity index (χ3v) is 6.05. The highest BCUT2D eigenvalue weighted by Gasteiger charge is 2.31. The highest BCUT2D eigenvalue weighted by atomic mass is 19.4. The first-order valence-corrected chi connectivity index (χ1v) is 11.8. The molecule has 3 heterocycles. The number of carbonyl (C=O) groups is 1. The van der Waals surface area contributed by atoms with Crippen molar-refractivity contribution in [2.45, 2.75) is 13.1 Å². The molecule has 1 aliphatic heterocycles. The van der Waals surface area contributed by atoms with Crippen LogP contribution in [0.15, 0.2) is 67.3 Å². The van der Waals surface area contributed by atoms with Crippen molar-refractivity contribution in [3.05, 3.63) is 83.9 Å². The Kier molecular flexibility index (Phi) is 6.97. The second-order valence-electron chi connectivity index (χ2n) is 8.64. The van der Waals surface area contributed by atoms with Crippen molar-refractivity contribution in [3.8, 4) is 5.82 Å². The van der Waals surface area contributed by atoms with E-state index in [9.17, 15) is 18.0 Å². The highest BCUT2D eigenvalue weighted by molar-refractivity contribution is 6.04. The maximum absolute atomic E-state index is 13.0. The number of hydrogen-bond acceptors (Lipinski definition) is 7. The Balaban J connectivity index is 1.35. The number of rotatable bonds is 6. The fourth-order valence-corrected chi connectivity index (χ4v) is 4.01. The standard InChI is InChI=1S/C26H24F3N7O2/c1-17-5-6-20(33-24(37)18-3-2-4-19(13-18)26(27,28)29)14-21(17)34-25-30-7-8-36(25)23-15-22(31-16-32-23)35-9-11-38-12-10-35/h2-8,13-16H,9-12H2,1H3,(H,30,34)(H,33,37). The van der Waals surface area contributed by atoms with Crippen molar-refractivity contribution < 1.29 is 22.7 Å². The van der Waals surface area contributed by atoms with Crippen LogP contribution in [0.3, 0.4) is 0 Å². The Labute approximate surface area is 216 Å². The molecule has 1 saturated heterocycles. The van der Waals surface area contributed by atoms with Crippen molar-refractivity contribution in [2.24, 2.45) is 0 Å². The van der Waals surface area contributed by atoms with Crippen LogP contribution in [-0.4, -0.2) is 51.7 Å². The van der Waals surface area contributed by atoms with Crippen LogP contribution in [0, 0.1) is 6.92 Å². The third kappa shape index (κ3) is 5.59. The Morgan fingerprint density at radius 2 is 1.79 bits per heavy atom. The predicted molar refractivity (Wildman–Crippen MR) is 136 cm³/mol. The zero-order valence-corrected chi connectivity index (χ0v) is 20.4. The van der Waals surface area contributed by atoms with E-state index < -0.39 is 17.6 Å². The summed E-state index contributed by atoms with van der Waals surface area (Å²) in [7, 11) is 0. The molecule has 2 aromatic carbocycles. The summed E-state index contributed by atoms with van der Waals surface area (Å²) in [6.45, 7) is 4.64. The van der Waals surface area contributed by atoms with Gasteiger partial charge in [0, 0.05) is 48.5 Å². The van der Waals surface area contributed by atoms with E-state index in [4.69, 9.17) is 4.74 Å². The van der Waals surface area contributed by atoms with Gasteiger partial charge in [0.25, 0.3) is 5.91 Å². The third-order valence-electron chi connectivity index (χ3n) is 6.05. The lowest BCUT2D eigenvalue weighted by molar-refractivity contribution is -0.137. The first kappa shape index (κ1) is 25.2. The molecular weight excluding hydrogens is 499 g/mol. The van der Waals surface area contributed by atoms with E-state index in [0.717, 1.165) is 36.6 Å². The van der Waals surface area contributed by atoms with Crippen molar-refractivity contribution in [2.75, 3.05) is 41.8 Å². The van der Waals surface area contributed by atoms with Gasteiger partial charge in [-0.25, -0.2) is 15.0 Å². The second kappa shape index (κ2) is 10.5. The molecule has 0 bridgehead atoms. The van der Waals surface area contributed by atoms with Crippen LogP contribution in [0.5, 0.6) is 0 Å². The lowest BCUT2D eigenvalue weighted by Gasteiger charge is -2.27. The number of anilines is 4. The molecule has 1 amide bonds. The number of alkyl halides is 3. The number of hydrogen-bond donors (Lipinski definition) is 2. The van der Waals surface area contributed by atoms with Gasteiger partial charge in [-0.3, -0.25) is 9.36 Å². The molecule has 0 spiro atoms. The van der Waals surface area contributed by atoms with Gasteiger partial charge in [-0.2, -0.15) is 13.2 Å². The van der Waals surface area contributed by atoms with Gasteiger partial charge in [0.15, 0.2) is 0 Å². The minimum atomic E-state index is -4.54. The number of ether oxygens (including phenoxy) is 1. The Bertz CT molecular complexity index is 1450. The summed E-state index contributed by atoms with van der Waals surface area (Å²) < 4.78 is 46.3. The quantitative estimate of drug-likeness (QED) is 0.374. The number of benzene rings is 2. The van der Waals surface area contributed by atoms with Gasteiger partial charge < -0.3 is 20.3 Å². The number of amides is 1. The van der Waals surface area contributed by atoms with Gasteiger partial charge in [-0.05, 0) is 42.8 Å². The summed E-state index contributed by atoms with van der Waals surface area (Å²) in [4.78, 5) is 28.0. The Morgan fingerprint density at radius 1 is 1.00 bits per heavy atom. The second-order valence-corrected chi connectivity index (χ2v) is 8.64. The molecule has 9 nitrogen and oxygen atoms in total. The van der Waals surface area contributed by atoms with Gasteiger partial charge in [-0.1, -0.05) is 12.1 Å². The number of nitrogens with zero attached hydrogens (tertiary/aromatic N) is 5. The molecule has 2 N–H and O–H groups in total. The molecule has 0 radical (unpaired) electrons. The number of nitrogens with one attached hydrogen (secondary N) is 2. The van der Waals surface area contributed by atoms with Gasteiger partial charge in [0.2, 0.25) is 5.95 Å². The Hall–Kier alpha value is -4.45. The average molecular weight is 524 g/mol. The van der Waals surface area contributed by atoms with E-state index in [1.807, 2.05) is 13.0 Å². The summed E-state index contributed by atoms with van der Waals surface area (Å²) in [6.07, 6.45) is 0.362. The number of halogens is 3. The van der Waals surface area contributed by atoms with Crippen LogP contribution in [-0.2, 0) is 10.9 Å². The van der Waals surface area contributed by atoms with Crippen LogP contribution < -0.4 is 15.5 Å². The van der Waals surface area contributed by atoms with Crippen LogP contribution >= 0.6 is 0 Å². The highest BCUT2D eigenvalue weighted by Crippen LogP contribution is 2.30. The monoisotopic (exact) mass is 523 g/mol. The number of imidazole rings is 1. The van der Waals surface area contributed by atoms with E-state index in [0.29, 0.717) is 36.4 Å². The molecule has 0 unspecified atom stereocenters. The SMILES string of the molecule is Cc1ccc(NC(=O)c2cccc(C(F)(F)F)c2)cc1Nc1nccn1-c1cc(N2CCOCC2)ncn1. The molecule has 196 valence electrons. The molecule has 1 aliphatic rings. The number of aromatic nitrogens is 4. The van der Waals surface area contributed by atoms with Crippen LogP contribution in [0.25, 0.3) is 5.82 Å². The van der Waals surface area contributed by atoms with Crippen molar-refractivity contribution >= 4 is 29.0 Å². The normalized spacial score (nSPS) is 13.8. The summed E-state index contributed by atoms with van der Waals surface area (Å²) in [6, 6.07) is 11.3. The van der Waals surface area contributed by atoms with Crippen molar-refractivity contribution in [3.63, 3.8) is 0 Å². The van der Waals surface area contributed by atoms with Crippen LogP contribution in [0.2, 0.25) is 0 Å². The van der Waals surface area contributed by atoms with E-state index >= 15 is 0 Å². The van der Waals surface area contributed by atoms with E-state index in [1.54, 1.807) is 35.2 Å². The van der Waals surface area contributed by atoms with Crippen LogP contribution in [0.1, 0.15) is 21.5 Å². The summed E-state index contributed by atoms with van der Waals surface area (Å²) in [5.41, 5.74) is 0.959. The fourth-order valence-electron chi connectivity index (χ4n) is 4.01.